The summed E-state index contributed by atoms with van der Waals surface area (Å²) in [7, 11) is 0. The van der Waals surface area contributed by atoms with Gasteiger partial charge in [0.1, 0.15) is 11.6 Å². The highest BCUT2D eigenvalue weighted by molar-refractivity contribution is 9.10. The Balaban J connectivity index is 1.29. The van der Waals surface area contributed by atoms with Crippen LogP contribution in [0.4, 0.5) is 0 Å². The predicted octanol–water partition coefficient (Wildman–Crippen LogP) is 7.29. The van der Waals surface area contributed by atoms with Crippen molar-refractivity contribution >= 4 is 44.5 Å². The molecule has 188 valence electrons. The average Bonchev–Trinajstić information content (AvgIpc) is 3.22. The van der Waals surface area contributed by atoms with E-state index in [0.29, 0.717) is 18.7 Å². The lowest BCUT2D eigenvalue weighted by Gasteiger charge is -2.12. The smallest absolute Gasteiger partial charge is 0.251 e. The van der Waals surface area contributed by atoms with Gasteiger partial charge in [-0.25, -0.2) is 4.98 Å². The summed E-state index contributed by atoms with van der Waals surface area (Å²) in [6, 6.07) is 19.6. The van der Waals surface area contributed by atoms with Crippen molar-refractivity contribution in [1.29, 1.82) is 0 Å². The van der Waals surface area contributed by atoms with E-state index in [2.05, 4.69) is 44.0 Å². The molecule has 1 aromatic heterocycles. The normalized spacial score (nSPS) is 11.1. The Labute approximate surface area is 226 Å². The van der Waals surface area contributed by atoms with Crippen LogP contribution in [0.25, 0.3) is 11.0 Å². The molecule has 0 saturated heterocycles. The molecule has 1 heterocycles. The van der Waals surface area contributed by atoms with E-state index in [4.69, 9.17) is 21.3 Å². The lowest BCUT2D eigenvalue weighted by Crippen LogP contribution is -2.25. The molecule has 5 nitrogen and oxygen atoms in total. The minimum Gasteiger partial charge on any atom is -0.494 e. The molecule has 0 saturated carbocycles. The summed E-state index contributed by atoms with van der Waals surface area (Å²) in [5.41, 5.74) is 4.89. The zero-order chi connectivity index (χ0) is 25.5. The van der Waals surface area contributed by atoms with Crippen LogP contribution in [0.5, 0.6) is 5.75 Å². The number of amides is 1. The number of nitrogens with zero attached hydrogens (tertiary/aromatic N) is 2. The molecule has 0 fully saturated rings. The van der Waals surface area contributed by atoms with Crippen molar-refractivity contribution in [3.63, 3.8) is 0 Å². The highest BCUT2D eigenvalue weighted by Crippen LogP contribution is 2.26. The minimum absolute atomic E-state index is 0.0536. The van der Waals surface area contributed by atoms with E-state index in [1.165, 1.54) is 0 Å². The summed E-state index contributed by atoms with van der Waals surface area (Å²) in [4.78, 5) is 17.2. The first-order chi connectivity index (χ1) is 17.4. The summed E-state index contributed by atoms with van der Waals surface area (Å²) in [6.07, 6.45) is 3.55. The second kappa shape index (κ2) is 12.4. The molecule has 4 rings (SSSR count). The minimum atomic E-state index is -0.0536. The van der Waals surface area contributed by atoms with E-state index < -0.39 is 0 Å². The molecule has 0 spiro atoms. The molecule has 36 heavy (non-hydrogen) atoms. The first kappa shape index (κ1) is 26.2. The molecule has 0 bridgehead atoms. The van der Waals surface area contributed by atoms with Gasteiger partial charge in [-0.1, -0.05) is 39.7 Å². The predicted molar refractivity (Wildman–Crippen MR) is 150 cm³/mol. The van der Waals surface area contributed by atoms with Crippen molar-refractivity contribution in [2.75, 3.05) is 13.2 Å². The van der Waals surface area contributed by atoms with E-state index in [-0.39, 0.29) is 5.91 Å². The second-order valence-electron chi connectivity index (χ2n) is 8.96. The van der Waals surface area contributed by atoms with Gasteiger partial charge < -0.3 is 14.6 Å². The number of benzene rings is 3. The molecule has 0 radical (unpaired) electrons. The maximum absolute atomic E-state index is 12.4. The number of unbranched alkanes of at least 4 members (excludes halogenated alkanes) is 1. The average molecular weight is 569 g/mol. The molecule has 3 aromatic carbocycles. The number of ether oxygens (including phenoxy) is 1. The SMILES string of the molecule is Cc1cc(OCCCCn2c(CCCNC(=O)c3ccc(Br)cc3)nc3ccccc32)cc(C)c1Cl. The summed E-state index contributed by atoms with van der Waals surface area (Å²) in [5.74, 6) is 1.87. The molecule has 1 amide bonds. The maximum atomic E-state index is 12.4. The van der Waals surface area contributed by atoms with Crippen LogP contribution in [0.1, 0.15) is 46.6 Å². The van der Waals surface area contributed by atoms with Crippen LogP contribution in [0, 0.1) is 13.8 Å². The summed E-state index contributed by atoms with van der Waals surface area (Å²) < 4.78 is 9.24. The molecule has 0 unspecified atom stereocenters. The zero-order valence-corrected chi connectivity index (χ0v) is 23.0. The number of carbonyl (C=O) groups is 1. The van der Waals surface area contributed by atoms with Crippen LogP contribution in [-0.4, -0.2) is 28.6 Å². The highest BCUT2D eigenvalue weighted by Gasteiger charge is 2.11. The molecule has 4 aromatic rings. The molecular formula is C29H31BrClN3O2. The number of imidazole rings is 1. The largest absolute Gasteiger partial charge is 0.494 e. The molecule has 0 aliphatic carbocycles. The van der Waals surface area contributed by atoms with Crippen molar-refractivity contribution in [1.82, 2.24) is 14.9 Å². The summed E-state index contributed by atoms with van der Waals surface area (Å²) in [6.45, 7) is 6.14. The third kappa shape index (κ3) is 6.68. The molecule has 0 aliphatic heterocycles. The van der Waals surface area contributed by atoms with E-state index in [1.54, 1.807) is 0 Å². The lowest BCUT2D eigenvalue weighted by atomic mass is 10.1. The number of fused-ring (bicyclic) bond motifs is 1. The molecule has 1 N–H and O–H groups in total. The maximum Gasteiger partial charge on any atom is 0.251 e. The zero-order valence-electron chi connectivity index (χ0n) is 20.7. The van der Waals surface area contributed by atoms with Crippen molar-refractivity contribution in [3.05, 3.63) is 92.7 Å². The third-order valence-electron chi connectivity index (χ3n) is 6.16. The highest BCUT2D eigenvalue weighted by atomic mass is 79.9. The van der Waals surface area contributed by atoms with Crippen LogP contribution >= 0.6 is 27.5 Å². The van der Waals surface area contributed by atoms with Crippen molar-refractivity contribution < 1.29 is 9.53 Å². The van der Waals surface area contributed by atoms with E-state index in [1.807, 2.05) is 56.3 Å². The second-order valence-corrected chi connectivity index (χ2v) is 10.3. The Bertz CT molecular complexity index is 1310. The van der Waals surface area contributed by atoms with Gasteiger partial charge in [-0.05, 0) is 92.8 Å². The number of rotatable bonds is 11. The van der Waals surface area contributed by atoms with Crippen LogP contribution in [0.2, 0.25) is 5.02 Å². The monoisotopic (exact) mass is 567 g/mol. The fourth-order valence-corrected chi connectivity index (χ4v) is 4.64. The Morgan fingerprint density at radius 2 is 1.75 bits per heavy atom. The van der Waals surface area contributed by atoms with Crippen LogP contribution in [0.3, 0.4) is 0 Å². The number of carbonyl (C=O) groups excluding carboxylic acids is 1. The number of hydrogen-bond acceptors (Lipinski definition) is 3. The number of halogens is 2. The van der Waals surface area contributed by atoms with Crippen LogP contribution in [0.15, 0.2) is 65.1 Å². The van der Waals surface area contributed by atoms with Crippen LogP contribution < -0.4 is 10.1 Å². The standard InChI is InChI=1S/C29H31BrClN3O2/c1-20-18-24(19-21(2)28(20)31)36-17-6-5-16-34-26-9-4-3-8-25(26)33-27(34)10-7-15-32-29(35)22-11-13-23(30)14-12-22/h3-4,8-9,11-14,18-19H,5-7,10,15-17H2,1-2H3,(H,32,35). The fraction of sp³-hybridized carbons (Fsp3) is 0.310. The molecule has 7 heteroatoms. The van der Waals surface area contributed by atoms with Crippen molar-refractivity contribution in [3.8, 4) is 5.75 Å². The number of aryl methyl sites for hydroxylation is 4. The third-order valence-corrected chi connectivity index (χ3v) is 7.28. The van der Waals surface area contributed by atoms with Crippen molar-refractivity contribution in [2.24, 2.45) is 0 Å². The number of aromatic nitrogens is 2. The van der Waals surface area contributed by atoms with Gasteiger partial charge in [0.05, 0.1) is 17.6 Å². The topological polar surface area (TPSA) is 56.1 Å². The Morgan fingerprint density at radius 3 is 2.50 bits per heavy atom. The van der Waals surface area contributed by atoms with Gasteiger partial charge >= 0.3 is 0 Å². The molecule has 0 atom stereocenters. The number of nitrogens with one attached hydrogen (secondary N) is 1. The van der Waals surface area contributed by atoms with Gasteiger partial charge in [-0.2, -0.15) is 0 Å². The van der Waals surface area contributed by atoms with Gasteiger partial charge in [0.25, 0.3) is 5.91 Å². The van der Waals surface area contributed by atoms with Gasteiger partial charge in [0.2, 0.25) is 0 Å². The van der Waals surface area contributed by atoms with Crippen molar-refractivity contribution in [2.45, 2.75) is 46.1 Å². The molecular weight excluding hydrogens is 538 g/mol. The van der Waals surface area contributed by atoms with Gasteiger partial charge in [-0.3, -0.25) is 4.79 Å². The molecule has 0 aliphatic rings. The van der Waals surface area contributed by atoms with E-state index >= 15 is 0 Å². The summed E-state index contributed by atoms with van der Waals surface area (Å²) in [5, 5.41) is 3.81. The Morgan fingerprint density at radius 1 is 1.03 bits per heavy atom. The van der Waals surface area contributed by atoms with Gasteiger partial charge in [0.15, 0.2) is 0 Å². The first-order valence-corrected chi connectivity index (χ1v) is 13.5. The number of hydrogen-bond donors (Lipinski definition) is 1. The first-order valence-electron chi connectivity index (χ1n) is 12.3. The quantitative estimate of drug-likeness (QED) is 0.193. The van der Waals surface area contributed by atoms with E-state index in [9.17, 15) is 4.79 Å². The van der Waals surface area contributed by atoms with Crippen LogP contribution in [-0.2, 0) is 13.0 Å². The summed E-state index contributed by atoms with van der Waals surface area (Å²) >= 11 is 9.66. The van der Waals surface area contributed by atoms with Gasteiger partial charge in [0, 0.05) is 34.6 Å². The Hall–Kier alpha value is -2.83. The fourth-order valence-electron chi connectivity index (χ4n) is 4.27. The number of para-hydroxylation sites is 2. The van der Waals surface area contributed by atoms with E-state index in [0.717, 1.165) is 75.5 Å². The Kier molecular flexibility index (Phi) is 9.05. The van der Waals surface area contributed by atoms with Gasteiger partial charge in [-0.15, -0.1) is 0 Å². The lowest BCUT2D eigenvalue weighted by molar-refractivity contribution is 0.0953.